The van der Waals surface area contributed by atoms with E-state index in [2.05, 4.69) is 25.9 Å². The second-order valence-corrected chi connectivity index (χ2v) is 4.34. The molecule has 0 saturated heterocycles. The molecule has 1 fully saturated rings. The number of hydrogen-bond acceptors (Lipinski definition) is 4. The Morgan fingerprint density at radius 2 is 2.36 bits per heavy atom. The number of halogens is 1. The fourth-order valence-electron chi connectivity index (χ4n) is 1.51. The lowest BCUT2D eigenvalue weighted by Gasteiger charge is -2.34. The van der Waals surface area contributed by atoms with Crippen LogP contribution >= 0.6 is 15.9 Å². The van der Waals surface area contributed by atoms with Crippen molar-refractivity contribution < 1.29 is 4.74 Å². The molecule has 1 aromatic rings. The van der Waals surface area contributed by atoms with Gasteiger partial charge in [-0.3, -0.25) is 0 Å². The van der Waals surface area contributed by atoms with Gasteiger partial charge < -0.3 is 10.5 Å². The Labute approximate surface area is 91.0 Å². The van der Waals surface area contributed by atoms with Crippen LogP contribution in [0, 0.1) is 5.92 Å². The summed E-state index contributed by atoms with van der Waals surface area (Å²) in [6.07, 6.45) is 5.51. The van der Waals surface area contributed by atoms with Crippen LogP contribution < -0.4 is 10.5 Å². The summed E-state index contributed by atoms with van der Waals surface area (Å²) < 4.78 is 6.46. The number of nitrogens with two attached hydrogens (primary N) is 1. The predicted molar refractivity (Wildman–Crippen MR) is 55.9 cm³/mol. The summed E-state index contributed by atoms with van der Waals surface area (Å²) >= 11 is 3.34. The molecule has 0 unspecified atom stereocenters. The number of aromatic nitrogens is 2. The minimum absolute atomic E-state index is 0.273. The first kappa shape index (κ1) is 9.86. The highest BCUT2D eigenvalue weighted by atomic mass is 79.9. The van der Waals surface area contributed by atoms with Gasteiger partial charge in [0, 0.05) is 6.20 Å². The van der Waals surface area contributed by atoms with Crippen LogP contribution in [0.4, 0.5) is 0 Å². The van der Waals surface area contributed by atoms with Gasteiger partial charge in [0.05, 0.1) is 4.47 Å². The second kappa shape index (κ2) is 4.23. The zero-order valence-corrected chi connectivity index (χ0v) is 9.27. The number of hydrogen-bond donors (Lipinski definition) is 1. The number of ether oxygens (including phenoxy) is 1. The molecule has 0 aliphatic heterocycles. The van der Waals surface area contributed by atoms with Crippen molar-refractivity contribution in [1.29, 1.82) is 0 Å². The molecule has 1 aliphatic rings. The number of rotatable bonds is 3. The first-order valence-electron chi connectivity index (χ1n) is 4.62. The molecule has 5 heteroatoms. The molecule has 1 aromatic heterocycles. The summed E-state index contributed by atoms with van der Waals surface area (Å²) in [7, 11) is 0. The SMILES string of the molecule is NCC1CC(Oc2ncncc2Br)C1. The van der Waals surface area contributed by atoms with Crippen molar-refractivity contribution in [3.05, 3.63) is 17.0 Å². The van der Waals surface area contributed by atoms with Gasteiger partial charge in [0.15, 0.2) is 0 Å². The average molecular weight is 258 g/mol. The van der Waals surface area contributed by atoms with Gasteiger partial charge in [0.1, 0.15) is 12.4 Å². The van der Waals surface area contributed by atoms with Crippen molar-refractivity contribution in [2.24, 2.45) is 11.7 Å². The Morgan fingerprint density at radius 1 is 1.57 bits per heavy atom. The first-order chi connectivity index (χ1) is 6.79. The van der Waals surface area contributed by atoms with Gasteiger partial charge in [-0.05, 0) is 41.2 Å². The van der Waals surface area contributed by atoms with E-state index in [1.54, 1.807) is 6.20 Å². The average Bonchev–Trinajstić information content (AvgIpc) is 2.13. The molecule has 0 atom stereocenters. The van der Waals surface area contributed by atoms with Gasteiger partial charge in [-0.1, -0.05) is 0 Å². The van der Waals surface area contributed by atoms with Gasteiger partial charge in [-0.2, -0.15) is 0 Å². The standard InChI is InChI=1S/C9H12BrN3O/c10-8-4-12-5-13-9(8)14-7-1-6(2-7)3-11/h4-7H,1-3,11H2. The molecule has 1 heterocycles. The summed E-state index contributed by atoms with van der Waals surface area (Å²) in [6.45, 7) is 0.755. The van der Waals surface area contributed by atoms with E-state index >= 15 is 0 Å². The zero-order chi connectivity index (χ0) is 9.97. The van der Waals surface area contributed by atoms with E-state index in [-0.39, 0.29) is 6.10 Å². The molecule has 0 radical (unpaired) electrons. The summed E-state index contributed by atoms with van der Waals surface area (Å²) in [5.74, 6) is 1.25. The molecule has 0 aromatic carbocycles. The van der Waals surface area contributed by atoms with Crippen LogP contribution in [0.15, 0.2) is 17.0 Å². The molecule has 4 nitrogen and oxygen atoms in total. The van der Waals surface area contributed by atoms with Crippen LogP contribution in [-0.4, -0.2) is 22.6 Å². The fraction of sp³-hybridized carbons (Fsp3) is 0.556. The van der Waals surface area contributed by atoms with E-state index in [0.29, 0.717) is 11.8 Å². The van der Waals surface area contributed by atoms with Crippen LogP contribution in [0.5, 0.6) is 5.88 Å². The van der Waals surface area contributed by atoms with Gasteiger partial charge in [0.25, 0.3) is 0 Å². The van der Waals surface area contributed by atoms with E-state index in [4.69, 9.17) is 10.5 Å². The van der Waals surface area contributed by atoms with Gasteiger partial charge in [-0.15, -0.1) is 0 Å². The topological polar surface area (TPSA) is 61.0 Å². The minimum atomic E-state index is 0.273. The molecule has 2 N–H and O–H groups in total. The monoisotopic (exact) mass is 257 g/mol. The Morgan fingerprint density at radius 3 is 3.00 bits per heavy atom. The van der Waals surface area contributed by atoms with Gasteiger partial charge in [0.2, 0.25) is 5.88 Å². The van der Waals surface area contributed by atoms with Crippen molar-refractivity contribution in [2.75, 3.05) is 6.54 Å². The highest BCUT2D eigenvalue weighted by molar-refractivity contribution is 9.10. The van der Waals surface area contributed by atoms with E-state index in [0.717, 1.165) is 23.9 Å². The largest absolute Gasteiger partial charge is 0.473 e. The molecule has 0 bridgehead atoms. The Balaban J connectivity index is 1.90. The Bertz CT molecular complexity index is 315. The maximum atomic E-state index is 5.66. The highest BCUT2D eigenvalue weighted by Gasteiger charge is 2.30. The quantitative estimate of drug-likeness (QED) is 0.889. The van der Waals surface area contributed by atoms with Crippen LogP contribution in [0.1, 0.15) is 12.8 Å². The third kappa shape index (κ3) is 2.04. The third-order valence-corrected chi connectivity index (χ3v) is 2.98. The first-order valence-corrected chi connectivity index (χ1v) is 5.41. The van der Waals surface area contributed by atoms with Crippen molar-refractivity contribution >= 4 is 15.9 Å². The van der Waals surface area contributed by atoms with E-state index in [9.17, 15) is 0 Å². The van der Waals surface area contributed by atoms with Crippen LogP contribution in [-0.2, 0) is 0 Å². The minimum Gasteiger partial charge on any atom is -0.473 e. The molecular weight excluding hydrogens is 246 g/mol. The van der Waals surface area contributed by atoms with Crippen molar-refractivity contribution in [1.82, 2.24) is 9.97 Å². The smallest absolute Gasteiger partial charge is 0.231 e. The highest BCUT2D eigenvalue weighted by Crippen LogP contribution is 2.31. The van der Waals surface area contributed by atoms with Gasteiger partial charge >= 0.3 is 0 Å². The zero-order valence-electron chi connectivity index (χ0n) is 7.69. The Hall–Kier alpha value is -0.680. The van der Waals surface area contributed by atoms with Crippen LogP contribution in [0.25, 0.3) is 0 Å². The predicted octanol–water partition coefficient (Wildman–Crippen LogP) is 1.36. The summed E-state index contributed by atoms with van der Waals surface area (Å²) in [5.41, 5.74) is 5.53. The maximum absolute atomic E-state index is 5.66. The normalized spacial score (nSPS) is 25.6. The molecule has 14 heavy (non-hydrogen) atoms. The molecule has 0 spiro atoms. The van der Waals surface area contributed by atoms with Crippen molar-refractivity contribution in [3.63, 3.8) is 0 Å². The molecular formula is C9H12BrN3O. The summed E-state index contributed by atoms with van der Waals surface area (Å²) in [6, 6.07) is 0. The molecule has 1 saturated carbocycles. The van der Waals surface area contributed by atoms with E-state index in [1.807, 2.05) is 0 Å². The summed E-state index contributed by atoms with van der Waals surface area (Å²) in [4.78, 5) is 7.91. The van der Waals surface area contributed by atoms with Crippen LogP contribution in [0.3, 0.4) is 0 Å². The third-order valence-electron chi connectivity index (χ3n) is 2.44. The van der Waals surface area contributed by atoms with Crippen molar-refractivity contribution in [3.8, 4) is 5.88 Å². The lowest BCUT2D eigenvalue weighted by atomic mass is 9.82. The maximum Gasteiger partial charge on any atom is 0.231 e. The Kier molecular flexibility index (Phi) is 2.98. The van der Waals surface area contributed by atoms with E-state index < -0.39 is 0 Å². The second-order valence-electron chi connectivity index (χ2n) is 3.49. The van der Waals surface area contributed by atoms with E-state index in [1.165, 1.54) is 6.33 Å². The van der Waals surface area contributed by atoms with Crippen LogP contribution in [0.2, 0.25) is 0 Å². The number of nitrogens with zero attached hydrogens (tertiary/aromatic N) is 2. The lowest BCUT2D eigenvalue weighted by Crippen LogP contribution is -2.38. The van der Waals surface area contributed by atoms with Gasteiger partial charge in [-0.25, -0.2) is 9.97 Å². The lowest BCUT2D eigenvalue weighted by molar-refractivity contribution is 0.0640. The molecule has 0 amide bonds. The molecule has 1 aliphatic carbocycles. The molecule has 2 rings (SSSR count). The summed E-state index contributed by atoms with van der Waals surface area (Å²) in [5, 5.41) is 0. The fourth-order valence-corrected chi connectivity index (χ4v) is 1.82. The molecule has 76 valence electrons. The van der Waals surface area contributed by atoms with Crippen molar-refractivity contribution in [2.45, 2.75) is 18.9 Å².